The van der Waals surface area contributed by atoms with Crippen molar-refractivity contribution in [3.63, 3.8) is 0 Å². The van der Waals surface area contributed by atoms with Crippen LogP contribution < -0.4 is 10.7 Å². The molecular formula is C19H24N4OS. The predicted octanol–water partition coefficient (Wildman–Crippen LogP) is 4.31. The highest BCUT2D eigenvalue weighted by molar-refractivity contribution is 8.02. The molecule has 25 heavy (non-hydrogen) atoms. The Balaban J connectivity index is 1.90. The third kappa shape index (κ3) is 4.07. The lowest BCUT2D eigenvalue weighted by atomic mass is 9.89. The van der Waals surface area contributed by atoms with Crippen LogP contribution in [0.3, 0.4) is 0 Å². The van der Waals surface area contributed by atoms with Crippen LogP contribution in [0.25, 0.3) is 0 Å². The second kappa shape index (κ2) is 7.78. The molecule has 3 N–H and O–H groups in total. The molecule has 6 heteroatoms. The molecule has 0 saturated carbocycles. The fourth-order valence-corrected chi connectivity index (χ4v) is 3.19. The van der Waals surface area contributed by atoms with Crippen molar-refractivity contribution >= 4 is 29.1 Å². The van der Waals surface area contributed by atoms with Gasteiger partial charge in [0.15, 0.2) is 11.9 Å². The van der Waals surface area contributed by atoms with Gasteiger partial charge >= 0.3 is 0 Å². The number of hydrazone groups is 1. The lowest BCUT2D eigenvalue weighted by Gasteiger charge is -2.29. The summed E-state index contributed by atoms with van der Waals surface area (Å²) in [4.78, 5) is 0. The van der Waals surface area contributed by atoms with E-state index in [4.69, 9.17) is 10.1 Å². The van der Waals surface area contributed by atoms with Crippen LogP contribution >= 0.6 is 11.8 Å². The highest BCUT2D eigenvalue weighted by Crippen LogP contribution is 2.31. The molecule has 2 atom stereocenters. The van der Waals surface area contributed by atoms with Gasteiger partial charge in [0, 0.05) is 17.2 Å². The van der Waals surface area contributed by atoms with Crippen molar-refractivity contribution in [2.75, 3.05) is 11.6 Å². The molecule has 0 aromatic heterocycles. The molecule has 132 valence electrons. The van der Waals surface area contributed by atoms with Crippen molar-refractivity contribution in [3.8, 4) is 0 Å². The molecular weight excluding hydrogens is 332 g/mol. The van der Waals surface area contributed by atoms with Gasteiger partial charge in [0.25, 0.3) is 0 Å². The standard InChI is InChI=1S/C19H24N4OS/c1-12-8-10-14(11-9-12)19-21-16-7-5-4-6-15(16)17(18(20)24-19)23-22-13(2)25-3/h4-8,14,19-22H,2,9-11H2,1,3H3. The number of ether oxygens (including phenoxy) is 1. The summed E-state index contributed by atoms with van der Waals surface area (Å²) in [6.45, 7) is 6.04. The Labute approximate surface area is 153 Å². The number of fused-ring (bicyclic) bond motifs is 1. The lowest BCUT2D eigenvalue weighted by molar-refractivity contribution is 0.142. The Morgan fingerprint density at radius 1 is 1.44 bits per heavy atom. The first-order valence-corrected chi connectivity index (χ1v) is 9.64. The smallest absolute Gasteiger partial charge is 0.236 e. The highest BCUT2D eigenvalue weighted by atomic mass is 32.2. The molecule has 3 rings (SSSR count). The van der Waals surface area contributed by atoms with E-state index in [0.717, 1.165) is 35.5 Å². The van der Waals surface area contributed by atoms with Gasteiger partial charge in [-0.05, 0) is 38.5 Å². The molecule has 2 aliphatic rings. The minimum atomic E-state index is -0.227. The Bertz CT molecular complexity index is 741. The quantitative estimate of drug-likeness (QED) is 0.555. The van der Waals surface area contributed by atoms with Gasteiger partial charge in [-0.3, -0.25) is 10.8 Å². The van der Waals surface area contributed by atoms with Gasteiger partial charge in [0.05, 0.1) is 5.03 Å². The maximum Gasteiger partial charge on any atom is 0.236 e. The van der Waals surface area contributed by atoms with Crippen LogP contribution in [0.5, 0.6) is 0 Å². The number of benzene rings is 1. The van der Waals surface area contributed by atoms with Gasteiger partial charge in [-0.25, -0.2) is 0 Å². The zero-order valence-corrected chi connectivity index (χ0v) is 15.5. The van der Waals surface area contributed by atoms with Crippen molar-refractivity contribution in [2.24, 2.45) is 11.0 Å². The predicted molar refractivity (Wildman–Crippen MR) is 106 cm³/mol. The van der Waals surface area contributed by atoms with Gasteiger partial charge < -0.3 is 10.1 Å². The Morgan fingerprint density at radius 2 is 2.24 bits per heavy atom. The van der Waals surface area contributed by atoms with E-state index >= 15 is 0 Å². The monoisotopic (exact) mass is 356 g/mol. The molecule has 1 heterocycles. The number of hydrogen-bond donors (Lipinski definition) is 3. The Morgan fingerprint density at radius 3 is 2.96 bits per heavy atom. The number of nitrogens with zero attached hydrogens (tertiary/aromatic N) is 1. The molecule has 1 aliphatic heterocycles. The average molecular weight is 356 g/mol. The van der Waals surface area contributed by atoms with Crippen LogP contribution in [0.2, 0.25) is 0 Å². The summed E-state index contributed by atoms with van der Waals surface area (Å²) in [5.74, 6) is 0.417. The number of thioether (sulfide) groups is 1. The van der Waals surface area contributed by atoms with E-state index in [1.165, 1.54) is 17.3 Å². The van der Waals surface area contributed by atoms with Crippen LogP contribution in [0, 0.1) is 11.3 Å². The van der Waals surface area contributed by atoms with Gasteiger partial charge in [-0.2, -0.15) is 5.10 Å². The summed E-state index contributed by atoms with van der Waals surface area (Å²) in [7, 11) is 0. The van der Waals surface area contributed by atoms with Crippen molar-refractivity contribution in [3.05, 3.63) is 53.1 Å². The van der Waals surface area contributed by atoms with Gasteiger partial charge in [0.1, 0.15) is 0 Å². The van der Waals surface area contributed by atoms with E-state index < -0.39 is 0 Å². The molecule has 0 radical (unpaired) electrons. The summed E-state index contributed by atoms with van der Waals surface area (Å²) < 4.78 is 5.98. The Kier molecular flexibility index (Phi) is 5.48. The molecule has 1 aromatic rings. The number of para-hydroxylation sites is 1. The number of allylic oxidation sites excluding steroid dienone is 2. The third-order valence-corrected chi connectivity index (χ3v) is 5.17. The average Bonchev–Trinajstić information content (AvgIpc) is 2.76. The largest absolute Gasteiger partial charge is 0.452 e. The molecule has 2 unspecified atom stereocenters. The molecule has 0 spiro atoms. The van der Waals surface area contributed by atoms with Crippen molar-refractivity contribution < 1.29 is 4.74 Å². The number of rotatable bonds is 4. The molecule has 1 aromatic carbocycles. The highest BCUT2D eigenvalue weighted by Gasteiger charge is 2.31. The van der Waals surface area contributed by atoms with Crippen molar-refractivity contribution in [1.82, 2.24) is 5.43 Å². The fraction of sp³-hybridized carbons (Fsp3) is 0.368. The fourth-order valence-electron chi connectivity index (χ4n) is 3.05. The zero-order valence-electron chi connectivity index (χ0n) is 14.6. The van der Waals surface area contributed by atoms with Crippen molar-refractivity contribution in [1.29, 1.82) is 5.41 Å². The third-order valence-electron chi connectivity index (χ3n) is 4.59. The van der Waals surface area contributed by atoms with E-state index in [9.17, 15) is 0 Å². The van der Waals surface area contributed by atoms with Crippen LogP contribution in [-0.4, -0.2) is 24.1 Å². The lowest BCUT2D eigenvalue weighted by Crippen LogP contribution is -2.34. The van der Waals surface area contributed by atoms with E-state index in [0.29, 0.717) is 11.6 Å². The summed E-state index contributed by atoms with van der Waals surface area (Å²) in [5, 5.41) is 17.0. The summed E-state index contributed by atoms with van der Waals surface area (Å²) in [5.41, 5.74) is 6.62. The van der Waals surface area contributed by atoms with Crippen LogP contribution in [-0.2, 0) is 4.74 Å². The molecule has 5 nitrogen and oxygen atoms in total. The second-order valence-electron chi connectivity index (χ2n) is 6.34. The molecule has 0 fully saturated rings. The molecule has 1 aliphatic carbocycles. The van der Waals surface area contributed by atoms with E-state index in [1.807, 2.05) is 30.5 Å². The van der Waals surface area contributed by atoms with Crippen LogP contribution in [0.15, 0.2) is 52.6 Å². The summed E-state index contributed by atoms with van der Waals surface area (Å²) in [6, 6.07) is 7.89. The SMILES string of the molecule is C=C(NN=C1C(=N)OC(C2CC=C(C)CC2)Nc2ccccc21)SC. The van der Waals surface area contributed by atoms with Crippen LogP contribution in [0.4, 0.5) is 5.69 Å². The molecule has 0 amide bonds. The first kappa shape index (κ1) is 17.6. The molecule has 0 saturated heterocycles. The van der Waals surface area contributed by atoms with E-state index in [-0.39, 0.29) is 12.1 Å². The number of hydrogen-bond acceptors (Lipinski definition) is 6. The molecule has 0 bridgehead atoms. The topological polar surface area (TPSA) is 69.5 Å². The summed E-state index contributed by atoms with van der Waals surface area (Å²) >= 11 is 1.48. The van der Waals surface area contributed by atoms with Gasteiger partial charge in [-0.1, -0.05) is 36.4 Å². The first-order chi connectivity index (χ1) is 12.1. The van der Waals surface area contributed by atoms with E-state index in [1.54, 1.807) is 0 Å². The number of nitrogens with one attached hydrogen (secondary N) is 3. The van der Waals surface area contributed by atoms with Gasteiger partial charge in [-0.15, -0.1) is 11.8 Å². The summed E-state index contributed by atoms with van der Waals surface area (Å²) in [6.07, 6.45) is 7.08. The maximum absolute atomic E-state index is 8.42. The number of anilines is 1. The minimum absolute atomic E-state index is 0.0788. The second-order valence-corrected chi connectivity index (χ2v) is 7.24. The maximum atomic E-state index is 8.42. The zero-order chi connectivity index (χ0) is 17.8. The normalized spacial score (nSPS) is 24.5. The van der Waals surface area contributed by atoms with Crippen LogP contribution in [0.1, 0.15) is 31.7 Å². The van der Waals surface area contributed by atoms with Gasteiger partial charge in [0.2, 0.25) is 5.90 Å². The van der Waals surface area contributed by atoms with E-state index in [2.05, 4.69) is 35.4 Å². The minimum Gasteiger partial charge on any atom is -0.452 e. The first-order valence-electron chi connectivity index (χ1n) is 8.42. The van der Waals surface area contributed by atoms with Crippen molar-refractivity contribution in [2.45, 2.75) is 32.4 Å². The Hall–Kier alpha value is -2.21.